The summed E-state index contributed by atoms with van der Waals surface area (Å²) in [6, 6.07) is 3.30. The van der Waals surface area contributed by atoms with Crippen LogP contribution in [0.15, 0.2) is 17.1 Å². The maximum atomic E-state index is 9.98. The SMILES string of the molecule is COc1cc(Cl)c(CN=C=O)cc1OC. The van der Waals surface area contributed by atoms with Crippen LogP contribution in [-0.4, -0.2) is 20.3 Å². The lowest BCUT2D eigenvalue weighted by atomic mass is 10.2. The number of halogens is 1. The van der Waals surface area contributed by atoms with Crippen LogP contribution < -0.4 is 9.47 Å². The first-order valence-corrected chi connectivity index (χ1v) is 4.54. The summed E-state index contributed by atoms with van der Waals surface area (Å²) in [7, 11) is 3.05. The number of nitrogens with zero attached hydrogens (tertiary/aromatic N) is 1. The summed E-state index contributed by atoms with van der Waals surface area (Å²) in [5, 5.41) is 0.478. The summed E-state index contributed by atoms with van der Waals surface area (Å²) >= 11 is 5.95. The van der Waals surface area contributed by atoms with Gasteiger partial charge in [-0.2, -0.15) is 0 Å². The van der Waals surface area contributed by atoms with Crippen LogP contribution in [0.2, 0.25) is 5.02 Å². The van der Waals surface area contributed by atoms with Crippen LogP contribution in [0.25, 0.3) is 0 Å². The lowest BCUT2D eigenvalue weighted by Crippen LogP contribution is -1.93. The molecule has 0 fully saturated rings. The van der Waals surface area contributed by atoms with Gasteiger partial charge in [-0.25, -0.2) is 9.79 Å². The molecule has 4 nitrogen and oxygen atoms in total. The predicted octanol–water partition coefficient (Wildman–Crippen LogP) is 2.19. The molecule has 0 saturated heterocycles. The molecule has 0 spiro atoms. The quantitative estimate of drug-likeness (QED) is 0.585. The van der Waals surface area contributed by atoms with Crippen molar-refractivity contribution in [3.05, 3.63) is 22.7 Å². The molecule has 15 heavy (non-hydrogen) atoms. The van der Waals surface area contributed by atoms with Gasteiger partial charge < -0.3 is 9.47 Å². The molecule has 0 unspecified atom stereocenters. The van der Waals surface area contributed by atoms with E-state index in [2.05, 4.69) is 4.99 Å². The van der Waals surface area contributed by atoms with E-state index in [1.807, 2.05) is 0 Å². The third kappa shape index (κ3) is 2.72. The minimum atomic E-state index is 0.183. The van der Waals surface area contributed by atoms with Crippen LogP contribution in [0.5, 0.6) is 11.5 Å². The lowest BCUT2D eigenvalue weighted by molar-refractivity contribution is 0.354. The highest BCUT2D eigenvalue weighted by atomic mass is 35.5. The van der Waals surface area contributed by atoms with Gasteiger partial charge in [0.15, 0.2) is 11.5 Å². The first-order chi connectivity index (χ1) is 7.22. The van der Waals surface area contributed by atoms with E-state index in [4.69, 9.17) is 21.1 Å². The summed E-state index contributed by atoms with van der Waals surface area (Å²) in [4.78, 5) is 13.4. The standard InChI is InChI=1S/C10H10ClNO3/c1-14-9-3-7(5-12-6-13)8(11)4-10(9)15-2/h3-4H,5H2,1-2H3. The van der Waals surface area contributed by atoms with E-state index < -0.39 is 0 Å². The first-order valence-electron chi connectivity index (χ1n) is 4.17. The van der Waals surface area contributed by atoms with Gasteiger partial charge in [0.2, 0.25) is 6.08 Å². The molecule has 80 valence electrons. The Balaban J connectivity index is 3.12. The van der Waals surface area contributed by atoms with Crippen molar-refractivity contribution in [1.82, 2.24) is 0 Å². The van der Waals surface area contributed by atoms with E-state index in [0.717, 1.165) is 0 Å². The van der Waals surface area contributed by atoms with Gasteiger partial charge in [0, 0.05) is 11.1 Å². The van der Waals surface area contributed by atoms with E-state index in [9.17, 15) is 4.79 Å². The van der Waals surface area contributed by atoms with Gasteiger partial charge in [0.05, 0.1) is 20.8 Å². The smallest absolute Gasteiger partial charge is 0.235 e. The number of benzene rings is 1. The summed E-state index contributed by atoms with van der Waals surface area (Å²) in [6.45, 7) is 0.183. The van der Waals surface area contributed by atoms with Gasteiger partial charge in [-0.3, -0.25) is 0 Å². The average molecular weight is 228 g/mol. The largest absolute Gasteiger partial charge is 0.493 e. The van der Waals surface area contributed by atoms with Crippen molar-refractivity contribution in [1.29, 1.82) is 0 Å². The molecule has 0 aliphatic carbocycles. The zero-order valence-electron chi connectivity index (χ0n) is 8.41. The van der Waals surface area contributed by atoms with E-state index in [1.165, 1.54) is 20.3 Å². The summed E-state index contributed by atoms with van der Waals surface area (Å²) in [6.07, 6.45) is 1.45. The Kier molecular flexibility index (Phi) is 4.16. The maximum Gasteiger partial charge on any atom is 0.235 e. The Morgan fingerprint density at radius 1 is 1.33 bits per heavy atom. The second-order valence-electron chi connectivity index (χ2n) is 2.71. The van der Waals surface area contributed by atoms with E-state index >= 15 is 0 Å². The number of isocyanates is 1. The molecular weight excluding hydrogens is 218 g/mol. The fourth-order valence-corrected chi connectivity index (χ4v) is 1.35. The topological polar surface area (TPSA) is 47.9 Å². The Morgan fingerprint density at radius 3 is 2.47 bits per heavy atom. The minimum absolute atomic E-state index is 0.183. The number of aliphatic imine (C=N–C) groups is 1. The molecule has 0 N–H and O–H groups in total. The van der Waals surface area contributed by atoms with Gasteiger partial charge in [-0.1, -0.05) is 11.6 Å². The molecular formula is C10H10ClNO3. The molecule has 5 heteroatoms. The lowest BCUT2D eigenvalue weighted by Gasteiger charge is -2.09. The van der Waals surface area contributed by atoms with Crippen LogP contribution >= 0.6 is 11.6 Å². The molecule has 0 heterocycles. The third-order valence-corrected chi connectivity index (χ3v) is 2.22. The maximum absolute atomic E-state index is 9.98. The second-order valence-corrected chi connectivity index (χ2v) is 3.11. The van der Waals surface area contributed by atoms with Crippen molar-refractivity contribution >= 4 is 17.7 Å². The molecule has 0 bridgehead atoms. The summed E-state index contributed by atoms with van der Waals surface area (Å²) in [5.74, 6) is 1.10. The molecule has 0 amide bonds. The van der Waals surface area contributed by atoms with Crippen molar-refractivity contribution in [3.8, 4) is 11.5 Å². The Hall–Kier alpha value is -1.51. The predicted molar refractivity (Wildman–Crippen MR) is 56.4 cm³/mol. The highest BCUT2D eigenvalue weighted by molar-refractivity contribution is 6.31. The minimum Gasteiger partial charge on any atom is -0.493 e. The van der Waals surface area contributed by atoms with Crippen LogP contribution in [-0.2, 0) is 11.3 Å². The zero-order valence-corrected chi connectivity index (χ0v) is 9.17. The van der Waals surface area contributed by atoms with Gasteiger partial charge in [0.25, 0.3) is 0 Å². The molecule has 0 aliphatic heterocycles. The summed E-state index contributed by atoms with van der Waals surface area (Å²) in [5.41, 5.74) is 0.692. The number of carbonyl (C=O) groups excluding carboxylic acids is 1. The van der Waals surface area contributed by atoms with Crippen LogP contribution in [0.4, 0.5) is 0 Å². The Labute approximate surface area is 92.5 Å². The van der Waals surface area contributed by atoms with Gasteiger partial charge in [-0.15, -0.1) is 0 Å². The number of methoxy groups -OCH3 is 2. The number of ether oxygens (including phenoxy) is 2. The van der Waals surface area contributed by atoms with Crippen LogP contribution in [0.1, 0.15) is 5.56 Å². The molecule has 0 aliphatic rings. The van der Waals surface area contributed by atoms with Gasteiger partial charge in [-0.05, 0) is 11.6 Å². The van der Waals surface area contributed by atoms with Crippen molar-refractivity contribution in [2.45, 2.75) is 6.54 Å². The number of rotatable bonds is 4. The fourth-order valence-electron chi connectivity index (χ4n) is 1.13. The van der Waals surface area contributed by atoms with E-state index in [1.54, 1.807) is 12.1 Å². The summed E-state index contributed by atoms with van der Waals surface area (Å²) < 4.78 is 10.1. The third-order valence-electron chi connectivity index (χ3n) is 1.87. The number of hydrogen-bond acceptors (Lipinski definition) is 4. The van der Waals surface area contributed by atoms with E-state index in [0.29, 0.717) is 22.1 Å². The zero-order chi connectivity index (χ0) is 11.3. The normalized spacial score (nSPS) is 9.27. The van der Waals surface area contributed by atoms with Crippen molar-refractivity contribution in [2.75, 3.05) is 14.2 Å². The van der Waals surface area contributed by atoms with Crippen molar-refractivity contribution < 1.29 is 14.3 Å². The molecule has 1 aromatic rings. The van der Waals surface area contributed by atoms with Crippen molar-refractivity contribution in [2.24, 2.45) is 4.99 Å². The molecule has 0 radical (unpaired) electrons. The van der Waals surface area contributed by atoms with Crippen LogP contribution in [0.3, 0.4) is 0 Å². The first kappa shape index (κ1) is 11.6. The molecule has 0 atom stereocenters. The average Bonchev–Trinajstić information content (AvgIpc) is 2.27. The van der Waals surface area contributed by atoms with Gasteiger partial charge >= 0.3 is 0 Å². The monoisotopic (exact) mass is 227 g/mol. The molecule has 1 rings (SSSR count). The fraction of sp³-hybridized carbons (Fsp3) is 0.300. The van der Waals surface area contributed by atoms with Gasteiger partial charge in [0.1, 0.15) is 0 Å². The van der Waals surface area contributed by atoms with Crippen molar-refractivity contribution in [3.63, 3.8) is 0 Å². The number of hydrogen-bond donors (Lipinski definition) is 0. The molecule has 0 aromatic heterocycles. The second kappa shape index (κ2) is 5.39. The molecule has 1 aromatic carbocycles. The Morgan fingerprint density at radius 2 is 1.93 bits per heavy atom. The Bertz CT molecular complexity index is 400. The highest BCUT2D eigenvalue weighted by Crippen LogP contribution is 2.33. The molecule has 0 saturated carbocycles. The van der Waals surface area contributed by atoms with Crippen LogP contribution in [0, 0.1) is 0 Å². The highest BCUT2D eigenvalue weighted by Gasteiger charge is 2.09. The van der Waals surface area contributed by atoms with E-state index in [-0.39, 0.29) is 6.54 Å².